The zero-order chi connectivity index (χ0) is 14.2. The summed E-state index contributed by atoms with van der Waals surface area (Å²) in [6.07, 6.45) is 0. The normalized spacial score (nSPS) is 11.6. The molecule has 0 atom stereocenters. The number of aromatic nitrogens is 2. The number of H-pyrrole nitrogens is 1. The first kappa shape index (κ1) is 13.5. The monoisotopic (exact) mass is 283 g/mol. The van der Waals surface area contributed by atoms with Crippen molar-refractivity contribution < 1.29 is 12.8 Å². The summed E-state index contributed by atoms with van der Waals surface area (Å²) in [5, 5.41) is 6.52. The number of anilines is 1. The van der Waals surface area contributed by atoms with E-state index >= 15 is 0 Å². The van der Waals surface area contributed by atoms with Crippen LogP contribution in [0.5, 0.6) is 0 Å². The second kappa shape index (κ2) is 4.65. The van der Waals surface area contributed by atoms with Crippen molar-refractivity contribution in [3.05, 3.63) is 41.5 Å². The van der Waals surface area contributed by atoms with E-state index in [2.05, 4.69) is 10.2 Å². The highest BCUT2D eigenvalue weighted by Gasteiger charge is 2.27. The van der Waals surface area contributed by atoms with E-state index < -0.39 is 15.8 Å². The van der Waals surface area contributed by atoms with Gasteiger partial charge in [0.2, 0.25) is 0 Å². The molecule has 2 aromatic rings. The molecule has 0 radical (unpaired) electrons. The smallest absolute Gasteiger partial charge is 0.267 e. The van der Waals surface area contributed by atoms with Crippen LogP contribution in [0, 0.1) is 19.7 Å². The molecular weight excluding hydrogens is 269 g/mol. The third kappa shape index (κ3) is 2.33. The molecule has 0 unspecified atom stereocenters. The van der Waals surface area contributed by atoms with Crippen molar-refractivity contribution in [3.8, 4) is 0 Å². The molecule has 1 N–H and O–H groups in total. The van der Waals surface area contributed by atoms with Gasteiger partial charge in [-0.25, -0.2) is 12.8 Å². The number of nitrogens with zero attached hydrogens (tertiary/aromatic N) is 2. The van der Waals surface area contributed by atoms with Crippen LogP contribution >= 0.6 is 0 Å². The molecule has 0 saturated heterocycles. The van der Waals surface area contributed by atoms with Gasteiger partial charge in [0.25, 0.3) is 10.0 Å². The Balaban J connectivity index is 2.48. The summed E-state index contributed by atoms with van der Waals surface area (Å²) in [7, 11) is -2.28. The fourth-order valence-electron chi connectivity index (χ4n) is 1.85. The highest BCUT2D eigenvalue weighted by molar-refractivity contribution is 7.92. The summed E-state index contributed by atoms with van der Waals surface area (Å²) in [6, 6.07) is 5.27. The van der Waals surface area contributed by atoms with E-state index in [0.29, 0.717) is 17.1 Å². The van der Waals surface area contributed by atoms with Crippen molar-refractivity contribution in [1.29, 1.82) is 0 Å². The fourth-order valence-corrected chi connectivity index (χ4v) is 3.37. The average molecular weight is 283 g/mol. The molecule has 1 aromatic carbocycles. The number of hydrogen-bond donors (Lipinski definition) is 1. The topological polar surface area (TPSA) is 66.1 Å². The van der Waals surface area contributed by atoms with Crippen LogP contribution in [0.15, 0.2) is 29.2 Å². The van der Waals surface area contributed by atoms with E-state index in [4.69, 9.17) is 0 Å². The maximum absolute atomic E-state index is 12.9. The molecule has 0 fully saturated rings. The van der Waals surface area contributed by atoms with Crippen molar-refractivity contribution in [2.45, 2.75) is 18.7 Å². The third-order valence-corrected chi connectivity index (χ3v) is 4.92. The SMILES string of the molecule is Cc1n[nH]c(C)c1S(=O)(=O)N(C)c1ccc(F)cc1. The van der Waals surface area contributed by atoms with Crippen LogP contribution in [0.3, 0.4) is 0 Å². The Morgan fingerprint density at radius 1 is 1.21 bits per heavy atom. The van der Waals surface area contributed by atoms with E-state index in [0.717, 1.165) is 4.31 Å². The molecule has 0 amide bonds. The van der Waals surface area contributed by atoms with E-state index in [1.165, 1.54) is 31.3 Å². The van der Waals surface area contributed by atoms with Gasteiger partial charge in [0, 0.05) is 7.05 Å². The molecular formula is C12H14FN3O2S. The van der Waals surface area contributed by atoms with E-state index in [-0.39, 0.29) is 4.90 Å². The first-order chi connectivity index (χ1) is 8.84. The van der Waals surface area contributed by atoms with Gasteiger partial charge in [0.05, 0.1) is 17.1 Å². The molecule has 2 rings (SSSR count). The van der Waals surface area contributed by atoms with Gasteiger partial charge in [0.15, 0.2) is 0 Å². The zero-order valence-electron chi connectivity index (χ0n) is 10.8. The molecule has 0 aliphatic carbocycles. The number of sulfonamides is 1. The van der Waals surface area contributed by atoms with Gasteiger partial charge in [-0.1, -0.05) is 0 Å². The minimum absolute atomic E-state index is 0.152. The summed E-state index contributed by atoms with van der Waals surface area (Å²) in [6.45, 7) is 3.26. The number of aromatic amines is 1. The van der Waals surface area contributed by atoms with E-state index in [1.54, 1.807) is 13.8 Å². The molecule has 5 nitrogen and oxygen atoms in total. The van der Waals surface area contributed by atoms with Crippen molar-refractivity contribution in [2.24, 2.45) is 0 Å². The predicted molar refractivity (Wildman–Crippen MR) is 70.1 cm³/mol. The fraction of sp³-hybridized carbons (Fsp3) is 0.250. The Kier molecular flexibility index (Phi) is 3.32. The second-order valence-corrected chi connectivity index (χ2v) is 6.12. The number of aryl methyl sites for hydroxylation is 2. The van der Waals surface area contributed by atoms with Gasteiger partial charge >= 0.3 is 0 Å². The Morgan fingerprint density at radius 2 is 1.79 bits per heavy atom. The van der Waals surface area contributed by atoms with Crippen LogP contribution in [0.1, 0.15) is 11.4 Å². The molecule has 0 spiro atoms. The molecule has 0 bridgehead atoms. The maximum atomic E-state index is 12.9. The number of benzene rings is 1. The van der Waals surface area contributed by atoms with Crippen LogP contribution in [-0.2, 0) is 10.0 Å². The van der Waals surface area contributed by atoms with Gasteiger partial charge in [-0.3, -0.25) is 9.40 Å². The van der Waals surface area contributed by atoms with Crippen LogP contribution in [0.25, 0.3) is 0 Å². The average Bonchev–Trinajstić information content (AvgIpc) is 2.69. The van der Waals surface area contributed by atoms with E-state index in [9.17, 15) is 12.8 Å². The molecule has 1 heterocycles. The molecule has 0 aliphatic rings. The van der Waals surface area contributed by atoms with Crippen LogP contribution in [0.2, 0.25) is 0 Å². The maximum Gasteiger partial charge on any atom is 0.267 e. The summed E-state index contributed by atoms with van der Waals surface area (Å²) in [4.78, 5) is 0.152. The van der Waals surface area contributed by atoms with Gasteiger partial charge in [-0.15, -0.1) is 0 Å². The van der Waals surface area contributed by atoms with Gasteiger partial charge in [0.1, 0.15) is 10.7 Å². The predicted octanol–water partition coefficient (Wildman–Crippen LogP) is 1.99. The highest BCUT2D eigenvalue weighted by Crippen LogP contribution is 2.25. The van der Waals surface area contributed by atoms with Crippen LogP contribution < -0.4 is 4.31 Å². The molecule has 7 heteroatoms. The minimum Gasteiger partial charge on any atom is -0.281 e. The molecule has 1 aromatic heterocycles. The van der Waals surface area contributed by atoms with Crippen molar-refractivity contribution in [2.75, 3.05) is 11.4 Å². The number of nitrogens with one attached hydrogen (secondary N) is 1. The Bertz CT molecular complexity index is 673. The van der Waals surface area contributed by atoms with E-state index in [1.807, 2.05) is 0 Å². The number of halogens is 1. The zero-order valence-corrected chi connectivity index (χ0v) is 11.6. The Morgan fingerprint density at radius 3 is 2.26 bits per heavy atom. The first-order valence-electron chi connectivity index (χ1n) is 5.60. The first-order valence-corrected chi connectivity index (χ1v) is 7.04. The molecule has 102 valence electrons. The molecule has 0 aliphatic heterocycles. The molecule has 19 heavy (non-hydrogen) atoms. The van der Waals surface area contributed by atoms with Crippen molar-refractivity contribution >= 4 is 15.7 Å². The lowest BCUT2D eigenvalue weighted by Gasteiger charge is -2.19. The summed E-state index contributed by atoms with van der Waals surface area (Å²) < 4.78 is 39.0. The van der Waals surface area contributed by atoms with Crippen LogP contribution in [0.4, 0.5) is 10.1 Å². The highest BCUT2D eigenvalue weighted by atomic mass is 32.2. The lowest BCUT2D eigenvalue weighted by molar-refractivity contribution is 0.593. The minimum atomic E-state index is -3.71. The lowest BCUT2D eigenvalue weighted by Crippen LogP contribution is -2.27. The van der Waals surface area contributed by atoms with Crippen LogP contribution in [-0.4, -0.2) is 25.7 Å². The third-order valence-electron chi connectivity index (χ3n) is 2.87. The van der Waals surface area contributed by atoms with Gasteiger partial charge < -0.3 is 0 Å². The largest absolute Gasteiger partial charge is 0.281 e. The van der Waals surface area contributed by atoms with Crippen molar-refractivity contribution in [1.82, 2.24) is 10.2 Å². The van der Waals surface area contributed by atoms with Gasteiger partial charge in [-0.05, 0) is 38.1 Å². The number of hydrogen-bond acceptors (Lipinski definition) is 3. The summed E-state index contributed by atoms with van der Waals surface area (Å²) in [5.41, 5.74) is 1.28. The Labute approximate surface area is 111 Å². The standard InChI is InChI=1S/C12H14FN3O2S/c1-8-12(9(2)15-14-8)19(17,18)16(3)11-6-4-10(13)5-7-11/h4-7H,1-3H3,(H,14,15). The summed E-state index contributed by atoms with van der Waals surface area (Å²) >= 11 is 0. The lowest BCUT2D eigenvalue weighted by atomic mass is 10.3. The Hall–Kier alpha value is -1.89. The van der Waals surface area contributed by atoms with Crippen molar-refractivity contribution in [3.63, 3.8) is 0 Å². The van der Waals surface area contributed by atoms with Gasteiger partial charge in [-0.2, -0.15) is 5.10 Å². The quantitative estimate of drug-likeness (QED) is 0.936. The second-order valence-electron chi connectivity index (χ2n) is 4.21. The number of rotatable bonds is 3. The summed E-state index contributed by atoms with van der Waals surface area (Å²) in [5.74, 6) is -0.412. The molecule has 0 saturated carbocycles.